The van der Waals surface area contributed by atoms with Gasteiger partial charge in [0.25, 0.3) is 5.56 Å². The molecule has 0 bridgehead atoms. The monoisotopic (exact) mass is 523 g/mol. The molecule has 2 N–H and O–H groups in total. The molecular weight excluding hydrogens is 480 g/mol. The van der Waals surface area contributed by atoms with Crippen LogP contribution in [0.15, 0.2) is 27.9 Å². The van der Waals surface area contributed by atoms with Gasteiger partial charge in [0.1, 0.15) is 17.1 Å². The quantitative estimate of drug-likeness (QED) is 0.396. The van der Waals surface area contributed by atoms with Crippen molar-refractivity contribution in [2.24, 2.45) is 7.05 Å². The van der Waals surface area contributed by atoms with Crippen molar-refractivity contribution in [2.75, 3.05) is 26.7 Å². The lowest BCUT2D eigenvalue weighted by Crippen LogP contribution is -2.31. The Morgan fingerprint density at radius 3 is 2.92 bits per heavy atom. The summed E-state index contributed by atoms with van der Waals surface area (Å²) in [5.41, 5.74) is -1.97. The minimum Gasteiger partial charge on any atom is -0.493 e. The van der Waals surface area contributed by atoms with Gasteiger partial charge >= 0.3 is 0 Å². The van der Waals surface area contributed by atoms with Gasteiger partial charge in [-0.25, -0.2) is 18.1 Å². The summed E-state index contributed by atoms with van der Waals surface area (Å²) in [5, 5.41) is 3.97. The van der Waals surface area contributed by atoms with Crippen LogP contribution in [-0.2, 0) is 23.4 Å². The molecule has 0 aliphatic carbocycles. The summed E-state index contributed by atoms with van der Waals surface area (Å²) in [7, 11) is -0.656. The van der Waals surface area contributed by atoms with Crippen molar-refractivity contribution in [3.63, 3.8) is 0 Å². The maximum absolute atomic E-state index is 13.3. The first-order valence-electron chi connectivity index (χ1n) is 15.4. The Morgan fingerprint density at radius 2 is 2.19 bits per heavy atom. The SMILES string of the molecule is [2H]C([2H])([2H])C([2H])([2H])C([2H])([2H])c1nn(C)c2c(=O)[nH]c(-c3cc(S(=O)(=O)NCCC4CCCN4C)ccc3OCCC)nc12. The van der Waals surface area contributed by atoms with Gasteiger partial charge in [0, 0.05) is 29.2 Å². The van der Waals surface area contributed by atoms with Crippen LogP contribution in [0.25, 0.3) is 22.4 Å². The summed E-state index contributed by atoms with van der Waals surface area (Å²) in [6.07, 6.45) is -3.27. The molecule has 196 valence electrons. The number of sulfonamides is 1. The zero-order valence-electron chi connectivity index (χ0n) is 27.6. The number of hydrogen-bond donors (Lipinski definition) is 2. The van der Waals surface area contributed by atoms with E-state index < -0.39 is 40.9 Å². The third kappa shape index (κ3) is 5.47. The topological polar surface area (TPSA) is 122 Å². The fraction of sp³-hybridized carbons (Fsp3) is 0.560. The number of likely N-dealkylation sites (tertiary alicyclic amines) is 1. The smallest absolute Gasteiger partial charge is 0.277 e. The van der Waals surface area contributed by atoms with E-state index in [9.17, 15) is 13.2 Å². The van der Waals surface area contributed by atoms with E-state index in [2.05, 4.69) is 24.7 Å². The minimum absolute atomic E-state index is 0.0834. The Bertz CT molecular complexity index is 1660. The van der Waals surface area contributed by atoms with Crippen LogP contribution in [0.1, 0.15) is 61.1 Å². The predicted molar refractivity (Wildman–Crippen MR) is 140 cm³/mol. The number of aromatic nitrogens is 4. The lowest BCUT2D eigenvalue weighted by Gasteiger charge is -2.19. The molecule has 1 saturated heterocycles. The number of benzene rings is 1. The lowest BCUT2D eigenvalue weighted by atomic mass is 10.1. The van der Waals surface area contributed by atoms with Crippen molar-refractivity contribution in [3.05, 3.63) is 34.2 Å². The van der Waals surface area contributed by atoms with Crippen LogP contribution in [0.3, 0.4) is 0 Å². The first-order chi connectivity index (χ1) is 19.9. The molecule has 1 atom stereocenters. The number of H-pyrrole nitrogens is 1. The highest BCUT2D eigenvalue weighted by molar-refractivity contribution is 7.89. The summed E-state index contributed by atoms with van der Waals surface area (Å²) < 4.78 is 91.7. The Kier molecular flexibility index (Phi) is 5.70. The Balaban J connectivity index is 1.81. The fourth-order valence-electron chi connectivity index (χ4n) is 4.44. The molecule has 2 aromatic heterocycles. The van der Waals surface area contributed by atoms with Crippen LogP contribution in [0.5, 0.6) is 5.75 Å². The first-order valence-corrected chi connectivity index (χ1v) is 13.4. The van der Waals surface area contributed by atoms with E-state index in [0.29, 0.717) is 12.8 Å². The van der Waals surface area contributed by atoms with Crippen LogP contribution in [0.4, 0.5) is 0 Å². The van der Waals surface area contributed by atoms with Crippen molar-refractivity contribution in [2.45, 2.75) is 63.1 Å². The largest absolute Gasteiger partial charge is 0.493 e. The summed E-state index contributed by atoms with van der Waals surface area (Å²) in [4.78, 5) is 22.2. The lowest BCUT2D eigenvalue weighted by molar-refractivity contribution is 0.297. The Labute approximate surface area is 222 Å². The Morgan fingerprint density at radius 1 is 1.36 bits per heavy atom. The molecule has 0 saturated carbocycles. The van der Waals surface area contributed by atoms with Crippen molar-refractivity contribution in [3.8, 4) is 17.1 Å². The molecule has 1 aliphatic rings. The molecule has 4 rings (SSSR count). The number of nitrogens with zero attached hydrogens (tertiary/aromatic N) is 4. The molecule has 1 fully saturated rings. The predicted octanol–water partition coefficient (Wildman–Crippen LogP) is 2.83. The molecule has 1 unspecified atom stereocenters. The van der Waals surface area contributed by atoms with E-state index in [1.165, 1.54) is 25.2 Å². The molecule has 10 nitrogen and oxygen atoms in total. The average molecular weight is 524 g/mol. The second-order valence-electron chi connectivity index (χ2n) is 8.80. The van der Waals surface area contributed by atoms with E-state index in [0.717, 1.165) is 24.1 Å². The van der Waals surface area contributed by atoms with Gasteiger partial charge in [-0.1, -0.05) is 20.1 Å². The summed E-state index contributed by atoms with van der Waals surface area (Å²) in [5.74, 6) is 0.00915. The van der Waals surface area contributed by atoms with Crippen molar-refractivity contribution in [1.82, 2.24) is 29.4 Å². The van der Waals surface area contributed by atoms with E-state index in [1.807, 2.05) is 14.0 Å². The minimum atomic E-state index is -3.99. The molecule has 1 aliphatic heterocycles. The van der Waals surface area contributed by atoms with Gasteiger partial charge in [0.05, 0.1) is 22.8 Å². The maximum Gasteiger partial charge on any atom is 0.277 e. The van der Waals surface area contributed by atoms with E-state index in [1.54, 1.807) is 0 Å². The number of aromatic amines is 1. The second kappa shape index (κ2) is 11.1. The van der Waals surface area contributed by atoms with Crippen LogP contribution < -0.4 is 15.0 Å². The fourth-order valence-corrected chi connectivity index (χ4v) is 5.51. The van der Waals surface area contributed by atoms with Gasteiger partial charge in [-0.15, -0.1) is 0 Å². The Hall–Kier alpha value is -2.76. The summed E-state index contributed by atoms with van der Waals surface area (Å²) in [6.45, 7) is -0.0379. The van der Waals surface area contributed by atoms with Gasteiger partial charge in [-0.05, 0) is 63.8 Å². The molecule has 3 heterocycles. The third-order valence-corrected chi connectivity index (χ3v) is 7.75. The summed E-state index contributed by atoms with van der Waals surface area (Å²) in [6, 6.07) is 4.38. The molecule has 1 aromatic carbocycles. The molecule has 36 heavy (non-hydrogen) atoms. The van der Waals surface area contributed by atoms with E-state index in [4.69, 9.17) is 14.3 Å². The maximum atomic E-state index is 13.3. The number of ether oxygens (including phenoxy) is 1. The van der Waals surface area contributed by atoms with Crippen LogP contribution in [0.2, 0.25) is 0 Å². The van der Waals surface area contributed by atoms with Crippen LogP contribution >= 0.6 is 0 Å². The van der Waals surface area contributed by atoms with E-state index >= 15 is 0 Å². The van der Waals surface area contributed by atoms with Gasteiger partial charge in [-0.2, -0.15) is 5.10 Å². The molecule has 3 aromatic rings. The first kappa shape index (κ1) is 18.5. The van der Waals surface area contributed by atoms with Gasteiger partial charge < -0.3 is 14.6 Å². The van der Waals surface area contributed by atoms with E-state index in [-0.39, 0.29) is 52.3 Å². The van der Waals surface area contributed by atoms with Crippen LogP contribution in [-0.4, -0.2) is 65.9 Å². The number of fused-ring (bicyclic) bond motifs is 1. The number of hydrogen-bond acceptors (Lipinski definition) is 7. The summed E-state index contributed by atoms with van der Waals surface area (Å²) >= 11 is 0. The zero-order chi connectivity index (χ0) is 32.0. The number of aryl methyl sites for hydroxylation is 2. The number of nitrogens with one attached hydrogen (secondary N) is 2. The molecule has 0 amide bonds. The standard InChI is InChI=1S/C25H36N6O4S/c1-5-8-20-22-23(31(4)29-20)25(32)28-24(27-22)19-16-18(10-11-21(19)35-15-6-2)36(33,34)26-13-12-17-9-7-14-30(17)3/h10-11,16-17,26H,5-9,12-15H2,1-4H3,(H,27,28,32)/i1D3,5D2,8D2. The average Bonchev–Trinajstić information content (AvgIpc) is 3.49. The van der Waals surface area contributed by atoms with Gasteiger partial charge in [-0.3, -0.25) is 9.48 Å². The molecule has 11 heteroatoms. The molecular formula is C25H36N6O4S. The number of rotatable bonds is 11. The molecule has 0 spiro atoms. The van der Waals surface area contributed by atoms with Crippen molar-refractivity contribution < 1.29 is 22.7 Å². The highest BCUT2D eigenvalue weighted by Crippen LogP contribution is 2.31. The van der Waals surface area contributed by atoms with Crippen molar-refractivity contribution >= 4 is 21.1 Å². The van der Waals surface area contributed by atoms with Gasteiger partial charge in [0.2, 0.25) is 10.0 Å². The third-order valence-electron chi connectivity index (χ3n) is 6.29. The zero-order valence-corrected chi connectivity index (χ0v) is 21.4. The highest BCUT2D eigenvalue weighted by Gasteiger charge is 2.23. The van der Waals surface area contributed by atoms with Crippen LogP contribution in [0, 0.1) is 0 Å². The van der Waals surface area contributed by atoms with Gasteiger partial charge in [0.15, 0.2) is 5.52 Å². The second-order valence-corrected chi connectivity index (χ2v) is 10.6. The molecule has 0 radical (unpaired) electrons. The van der Waals surface area contributed by atoms with Crippen molar-refractivity contribution in [1.29, 1.82) is 0 Å². The normalized spacial score (nSPS) is 20.8. The highest BCUT2D eigenvalue weighted by atomic mass is 32.2.